The van der Waals surface area contributed by atoms with Gasteiger partial charge in [0.15, 0.2) is 0 Å². The summed E-state index contributed by atoms with van der Waals surface area (Å²) >= 11 is 0. The van der Waals surface area contributed by atoms with Gasteiger partial charge in [0.25, 0.3) is 0 Å². The largest absolute Gasteiger partial charge is 0.325 e. The Morgan fingerprint density at radius 1 is 1.12 bits per heavy atom. The Labute approximate surface area is 142 Å². The number of benzene rings is 2. The number of amides is 1. The highest BCUT2D eigenvalue weighted by atomic mass is 16.1. The number of nitrogens with zero attached hydrogens (tertiary/aromatic N) is 2. The second kappa shape index (κ2) is 7.13. The summed E-state index contributed by atoms with van der Waals surface area (Å²) in [5, 5.41) is 7.39. The van der Waals surface area contributed by atoms with Gasteiger partial charge in [-0.1, -0.05) is 43.3 Å². The van der Waals surface area contributed by atoms with Crippen molar-refractivity contribution in [3.63, 3.8) is 0 Å². The van der Waals surface area contributed by atoms with Gasteiger partial charge in [-0.2, -0.15) is 5.10 Å². The minimum Gasteiger partial charge on any atom is -0.325 e. The van der Waals surface area contributed by atoms with Crippen LogP contribution in [0.3, 0.4) is 0 Å². The molecular formula is C20H21N3O. The van der Waals surface area contributed by atoms with Gasteiger partial charge in [-0.3, -0.25) is 4.79 Å². The average molecular weight is 319 g/mol. The van der Waals surface area contributed by atoms with Gasteiger partial charge < -0.3 is 5.32 Å². The topological polar surface area (TPSA) is 46.9 Å². The second-order valence-electron chi connectivity index (χ2n) is 5.82. The van der Waals surface area contributed by atoms with Crippen molar-refractivity contribution >= 4 is 11.6 Å². The minimum absolute atomic E-state index is 0.0217. The van der Waals surface area contributed by atoms with Crippen LogP contribution in [0, 0.1) is 6.92 Å². The molecule has 4 nitrogen and oxygen atoms in total. The third-order valence-corrected chi connectivity index (χ3v) is 4.03. The number of hydrogen-bond acceptors (Lipinski definition) is 2. The molecule has 0 aliphatic carbocycles. The summed E-state index contributed by atoms with van der Waals surface area (Å²) in [6.07, 6.45) is 4.84. The highest BCUT2D eigenvalue weighted by molar-refractivity contribution is 5.93. The summed E-state index contributed by atoms with van der Waals surface area (Å²) in [5.74, 6) is -0.0217. The number of anilines is 1. The first-order valence-corrected chi connectivity index (χ1v) is 8.14. The molecule has 0 fully saturated rings. The van der Waals surface area contributed by atoms with E-state index in [9.17, 15) is 4.79 Å². The number of para-hydroxylation sites is 2. The van der Waals surface area contributed by atoms with Crippen LogP contribution in [0.15, 0.2) is 60.9 Å². The molecule has 1 N–H and O–H groups in total. The first-order valence-electron chi connectivity index (χ1n) is 8.14. The molecular weight excluding hydrogens is 298 g/mol. The van der Waals surface area contributed by atoms with Crippen molar-refractivity contribution in [1.82, 2.24) is 9.78 Å². The van der Waals surface area contributed by atoms with E-state index < -0.39 is 0 Å². The molecule has 0 bridgehead atoms. The van der Waals surface area contributed by atoms with Crippen LogP contribution in [0.1, 0.15) is 23.6 Å². The van der Waals surface area contributed by atoms with Gasteiger partial charge in [0.2, 0.25) is 5.91 Å². The van der Waals surface area contributed by atoms with Crippen LogP contribution < -0.4 is 5.32 Å². The lowest BCUT2D eigenvalue weighted by atomic mass is 10.1. The molecule has 1 amide bonds. The Morgan fingerprint density at radius 2 is 1.92 bits per heavy atom. The van der Waals surface area contributed by atoms with Crippen molar-refractivity contribution in [1.29, 1.82) is 0 Å². The van der Waals surface area contributed by atoms with Gasteiger partial charge >= 0.3 is 0 Å². The zero-order valence-electron chi connectivity index (χ0n) is 14.0. The summed E-state index contributed by atoms with van der Waals surface area (Å²) < 4.78 is 1.79. The van der Waals surface area contributed by atoms with Crippen molar-refractivity contribution in [3.05, 3.63) is 77.6 Å². The van der Waals surface area contributed by atoms with Crippen LogP contribution in [0.5, 0.6) is 0 Å². The highest BCUT2D eigenvalue weighted by Crippen LogP contribution is 2.21. The molecule has 0 unspecified atom stereocenters. The van der Waals surface area contributed by atoms with Gasteiger partial charge in [0, 0.05) is 11.9 Å². The van der Waals surface area contributed by atoms with Crippen molar-refractivity contribution in [2.75, 3.05) is 5.32 Å². The van der Waals surface area contributed by atoms with E-state index in [0.29, 0.717) is 6.42 Å². The fourth-order valence-electron chi connectivity index (χ4n) is 2.74. The smallest absolute Gasteiger partial charge is 0.228 e. The molecule has 0 saturated heterocycles. The van der Waals surface area contributed by atoms with E-state index in [4.69, 9.17) is 0 Å². The quantitative estimate of drug-likeness (QED) is 0.774. The molecule has 0 radical (unpaired) electrons. The molecule has 4 heteroatoms. The van der Waals surface area contributed by atoms with Crippen molar-refractivity contribution in [2.45, 2.75) is 26.7 Å². The number of rotatable bonds is 5. The first kappa shape index (κ1) is 16.0. The summed E-state index contributed by atoms with van der Waals surface area (Å²) in [4.78, 5) is 12.4. The van der Waals surface area contributed by atoms with E-state index in [2.05, 4.69) is 23.4 Å². The van der Waals surface area contributed by atoms with Crippen molar-refractivity contribution < 1.29 is 4.79 Å². The zero-order chi connectivity index (χ0) is 16.9. The van der Waals surface area contributed by atoms with E-state index >= 15 is 0 Å². The highest BCUT2D eigenvalue weighted by Gasteiger charge is 2.11. The molecule has 0 saturated carbocycles. The van der Waals surface area contributed by atoms with Gasteiger partial charge in [0.1, 0.15) is 0 Å². The summed E-state index contributed by atoms with van der Waals surface area (Å²) in [5.41, 5.74) is 5.05. The van der Waals surface area contributed by atoms with Crippen LogP contribution in [0.2, 0.25) is 0 Å². The van der Waals surface area contributed by atoms with Gasteiger partial charge in [0.05, 0.1) is 18.3 Å². The van der Waals surface area contributed by atoms with Gasteiger partial charge in [-0.05, 0) is 42.2 Å². The van der Waals surface area contributed by atoms with Crippen LogP contribution in [-0.2, 0) is 17.6 Å². The van der Waals surface area contributed by atoms with E-state index in [0.717, 1.165) is 34.5 Å². The van der Waals surface area contributed by atoms with E-state index in [1.165, 1.54) is 0 Å². The fourth-order valence-corrected chi connectivity index (χ4v) is 2.74. The molecule has 2 aromatic carbocycles. The van der Waals surface area contributed by atoms with Crippen molar-refractivity contribution in [3.8, 4) is 5.69 Å². The number of carbonyl (C=O) groups excluding carboxylic acids is 1. The number of hydrogen-bond donors (Lipinski definition) is 1. The van der Waals surface area contributed by atoms with Gasteiger partial charge in [-0.15, -0.1) is 0 Å². The SMILES string of the molecule is CCc1cccc(C)c1NC(=O)Cc1cnn(-c2ccccc2)c1. The summed E-state index contributed by atoms with van der Waals surface area (Å²) in [6.45, 7) is 4.11. The van der Waals surface area contributed by atoms with Crippen molar-refractivity contribution in [2.24, 2.45) is 0 Å². The van der Waals surface area contributed by atoms with Crippen LogP contribution in [0.25, 0.3) is 5.69 Å². The molecule has 1 heterocycles. The lowest BCUT2D eigenvalue weighted by molar-refractivity contribution is -0.115. The molecule has 1 aromatic heterocycles. The van der Waals surface area contributed by atoms with Crippen LogP contribution in [-0.4, -0.2) is 15.7 Å². The summed E-state index contributed by atoms with van der Waals surface area (Å²) in [7, 11) is 0. The Morgan fingerprint density at radius 3 is 2.67 bits per heavy atom. The third kappa shape index (κ3) is 3.54. The Balaban J connectivity index is 1.71. The maximum Gasteiger partial charge on any atom is 0.228 e. The predicted octanol–water partition coefficient (Wildman–Crippen LogP) is 3.92. The first-order chi connectivity index (χ1) is 11.7. The number of aryl methyl sites for hydroxylation is 2. The average Bonchev–Trinajstić information content (AvgIpc) is 3.06. The Bertz CT molecular complexity index is 837. The Hall–Kier alpha value is -2.88. The lowest BCUT2D eigenvalue weighted by Crippen LogP contribution is -2.16. The summed E-state index contributed by atoms with van der Waals surface area (Å²) in [6, 6.07) is 16.0. The fraction of sp³-hybridized carbons (Fsp3) is 0.200. The molecule has 0 spiro atoms. The normalized spacial score (nSPS) is 10.6. The van der Waals surface area contributed by atoms with E-state index in [-0.39, 0.29) is 5.91 Å². The molecule has 3 rings (SSSR count). The Kier molecular flexibility index (Phi) is 4.75. The third-order valence-electron chi connectivity index (χ3n) is 4.03. The maximum atomic E-state index is 12.4. The second-order valence-corrected chi connectivity index (χ2v) is 5.82. The molecule has 122 valence electrons. The lowest BCUT2D eigenvalue weighted by Gasteiger charge is -2.12. The number of aromatic nitrogens is 2. The van der Waals surface area contributed by atoms with Crippen LogP contribution >= 0.6 is 0 Å². The molecule has 3 aromatic rings. The van der Waals surface area contributed by atoms with E-state index in [1.807, 2.05) is 55.6 Å². The van der Waals surface area contributed by atoms with E-state index in [1.54, 1.807) is 10.9 Å². The molecule has 24 heavy (non-hydrogen) atoms. The minimum atomic E-state index is -0.0217. The van der Waals surface area contributed by atoms with Gasteiger partial charge in [-0.25, -0.2) is 4.68 Å². The molecule has 0 atom stereocenters. The molecule has 0 aliphatic heterocycles. The standard InChI is InChI=1S/C20H21N3O/c1-3-17-9-7-8-15(2)20(17)22-19(24)12-16-13-21-23(14-16)18-10-5-4-6-11-18/h4-11,13-14H,3,12H2,1-2H3,(H,22,24). The monoisotopic (exact) mass is 319 g/mol. The van der Waals surface area contributed by atoms with Crippen LogP contribution in [0.4, 0.5) is 5.69 Å². The maximum absolute atomic E-state index is 12.4. The number of nitrogens with one attached hydrogen (secondary N) is 1. The molecule has 0 aliphatic rings. The zero-order valence-corrected chi connectivity index (χ0v) is 14.0. The predicted molar refractivity (Wildman–Crippen MR) is 96.5 cm³/mol. The number of carbonyl (C=O) groups is 1.